The highest BCUT2D eigenvalue weighted by Crippen LogP contribution is 2.41. The molecule has 1 saturated heterocycles. The number of benzene rings is 1. The van der Waals surface area contributed by atoms with Crippen molar-refractivity contribution in [1.82, 2.24) is 15.5 Å². The topological polar surface area (TPSA) is 116 Å². The van der Waals surface area contributed by atoms with Crippen molar-refractivity contribution in [3.63, 3.8) is 0 Å². The molecule has 1 aromatic carbocycles. The first-order chi connectivity index (χ1) is 11.9. The van der Waals surface area contributed by atoms with Crippen LogP contribution in [0.5, 0.6) is 0 Å². The quantitative estimate of drug-likeness (QED) is 0.686. The Morgan fingerprint density at radius 2 is 2.00 bits per heavy atom. The number of carboxylic acid groups (broad SMARTS) is 1. The fourth-order valence-electron chi connectivity index (χ4n) is 3.64. The van der Waals surface area contributed by atoms with E-state index in [1.807, 2.05) is 24.3 Å². The zero-order chi connectivity index (χ0) is 18.1. The number of carbonyl (C=O) groups excluding carboxylic acids is 3. The summed E-state index contributed by atoms with van der Waals surface area (Å²) in [6.45, 7) is 0.842. The second-order valence-corrected chi connectivity index (χ2v) is 6.28. The van der Waals surface area contributed by atoms with Gasteiger partial charge >= 0.3 is 5.97 Å². The summed E-state index contributed by atoms with van der Waals surface area (Å²) in [7, 11) is 0. The van der Waals surface area contributed by atoms with E-state index in [9.17, 15) is 19.2 Å². The number of nitrogens with zero attached hydrogens (tertiary/aromatic N) is 1. The van der Waals surface area contributed by atoms with E-state index in [2.05, 4.69) is 10.6 Å². The average Bonchev–Trinajstić information content (AvgIpc) is 2.88. The third-order valence-electron chi connectivity index (χ3n) is 4.60. The summed E-state index contributed by atoms with van der Waals surface area (Å²) in [6, 6.07) is 5.78. The van der Waals surface area contributed by atoms with Crippen LogP contribution in [-0.2, 0) is 25.6 Å². The first kappa shape index (κ1) is 16.9. The number of hydrogen-bond donors (Lipinski definition) is 3. The Kier molecular flexibility index (Phi) is 4.43. The van der Waals surface area contributed by atoms with Crippen molar-refractivity contribution < 1.29 is 24.3 Å². The van der Waals surface area contributed by atoms with E-state index in [4.69, 9.17) is 5.11 Å². The van der Waals surface area contributed by atoms with Gasteiger partial charge in [0.2, 0.25) is 17.7 Å². The van der Waals surface area contributed by atoms with Gasteiger partial charge in [-0.3, -0.25) is 19.2 Å². The Balaban J connectivity index is 1.92. The van der Waals surface area contributed by atoms with Gasteiger partial charge in [-0.25, -0.2) is 0 Å². The molecule has 2 aliphatic heterocycles. The minimum absolute atomic E-state index is 0.307. The van der Waals surface area contributed by atoms with Crippen LogP contribution in [0.3, 0.4) is 0 Å². The molecule has 2 heterocycles. The summed E-state index contributed by atoms with van der Waals surface area (Å²) < 4.78 is 0. The molecule has 25 heavy (non-hydrogen) atoms. The standard InChI is InChI=1S/C17H19N3O5/c1-9(21)19-12-7-13-11-5-3-2-4-10(11)6-14(20(13)17(12)25)16(24)18-8-15(22)23/h2-5,12-14H,6-8H2,1H3,(H,18,24)(H,19,21)(H,22,23)/t12-,13+,14-/m0/s1. The van der Waals surface area contributed by atoms with Gasteiger partial charge in [0, 0.05) is 19.8 Å². The summed E-state index contributed by atoms with van der Waals surface area (Å²) in [4.78, 5) is 48.8. The van der Waals surface area contributed by atoms with Crippen LogP contribution in [0.25, 0.3) is 0 Å². The Bertz CT molecular complexity index is 748. The molecule has 3 N–H and O–H groups in total. The van der Waals surface area contributed by atoms with E-state index in [0.29, 0.717) is 12.8 Å². The second-order valence-electron chi connectivity index (χ2n) is 6.28. The normalized spacial score (nSPS) is 24.3. The Hall–Kier alpha value is -2.90. The molecule has 8 nitrogen and oxygen atoms in total. The fourth-order valence-corrected chi connectivity index (χ4v) is 3.64. The predicted molar refractivity (Wildman–Crippen MR) is 86.4 cm³/mol. The van der Waals surface area contributed by atoms with Gasteiger partial charge in [-0.1, -0.05) is 24.3 Å². The lowest BCUT2D eigenvalue weighted by atomic mass is 9.88. The van der Waals surface area contributed by atoms with Crippen molar-refractivity contribution in [2.24, 2.45) is 0 Å². The molecule has 2 aliphatic rings. The highest BCUT2D eigenvalue weighted by molar-refractivity contribution is 5.95. The smallest absolute Gasteiger partial charge is 0.322 e. The molecular formula is C17H19N3O5. The zero-order valence-electron chi connectivity index (χ0n) is 13.7. The van der Waals surface area contributed by atoms with Crippen LogP contribution in [0, 0.1) is 0 Å². The van der Waals surface area contributed by atoms with Crippen molar-refractivity contribution in [2.45, 2.75) is 37.9 Å². The van der Waals surface area contributed by atoms with Gasteiger partial charge in [-0.05, 0) is 11.1 Å². The van der Waals surface area contributed by atoms with Crippen molar-refractivity contribution in [1.29, 1.82) is 0 Å². The summed E-state index contributed by atoms with van der Waals surface area (Å²) >= 11 is 0. The van der Waals surface area contributed by atoms with Gasteiger partial charge in [0.25, 0.3) is 0 Å². The first-order valence-corrected chi connectivity index (χ1v) is 8.05. The van der Waals surface area contributed by atoms with Crippen LogP contribution < -0.4 is 10.6 Å². The van der Waals surface area contributed by atoms with E-state index < -0.39 is 30.5 Å². The lowest BCUT2D eigenvalue weighted by Crippen LogP contribution is -2.54. The number of rotatable bonds is 4. The van der Waals surface area contributed by atoms with Crippen LogP contribution >= 0.6 is 0 Å². The van der Waals surface area contributed by atoms with Gasteiger partial charge < -0.3 is 20.6 Å². The van der Waals surface area contributed by atoms with Gasteiger partial charge in [-0.15, -0.1) is 0 Å². The summed E-state index contributed by atoms with van der Waals surface area (Å²) in [6.07, 6.45) is 0.703. The number of fused-ring (bicyclic) bond motifs is 3. The first-order valence-electron chi connectivity index (χ1n) is 8.05. The molecule has 132 valence electrons. The van der Waals surface area contributed by atoms with Crippen molar-refractivity contribution in [3.8, 4) is 0 Å². The largest absolute Gasteiger partial charge is 0.480 e. The molecule has 3 atom stereocenters. The van der Waals surface area contributed by atoms with E-state index in [1.54, 1.807) is 0 Å². The van der Waals surface area contributed by atoms with Crippen LogP contribution in [0.15, 0.2) is 24.3 Å². The highest BCUT2D eigenvalue weighted by Gasteiger charge is 2.49. The Labute approximate surface area is 144 Å². The SMILES string of the molecule is CC(=O)N[C@H]1C[C@@H]2c3ccccc3C[C@@H](C(=O)NCC(=O)O)N2C1=O. The Morgan fingerprint density at radius 3 is 2.68 bits per heavy atom. The maximum absolute atomic E-state index is 12.8. The molecular weight excluding hydrogens is 326 g/mol. The maximum Gasteiger partial charge on any atom is 0.322 e. The fraction of sp³-hybridized carbons (Fsp3) is 0.412. The van der Waals surface area contributed by atoms with E-state index in [1.165, 1.54) is 11.8 Å². The lowest BCUT2D eigenvalue weighted by Gasteiger charge is -2.38. The van der Waals surface area contributed by atoms with E-state index >= 15 is 0 Å². The highest BCUT2D eigenvalue weighted by atomic mass is 16.4. The van der Waals surface area contributed by atoms with Gasteiger partial charge in [-0.2, -0.15) is 0 Å². The molecule has 3 amide bonds. The number of amides is 3. The van der Waals surface area contributed by atoms with E-state index in [0.717, 1.165) is 11.1 Å². The van der Waals surface area contributed by atoms with Crippen LogP contribution in [0.1, 0.15) is 30.5 Å². The molecule has 0 spiro atoms. The van der Waals surface area contributed by atoms with Crippen molar-refractivity contribution in [2.75, 3.05) is 6.54 Å². The molecule has 0 aliphatic carbocycles. The average molecular weight is 345 g/mol. The third-order valence-corrected chi connectivity index (χ3v) is 4.60. The summed E-state index contributed by atoms with van der Waals surface area (Å²) in [5.41, 5.74) is 1.92. The van der Waals surface area contributed by atoms with Crippen LogP contribution in [0.4, 0.5) is 0 Å². The van der Waals surface area contributed by atoms with Crippen molar-refractivity contribution in [3.05, 3.63) is 35.4 Å². The van der Waals surface area contributed by atoms with Gasteiger partial charge in [0.15, 0.2) is 0 Å². The molecule has 0 radical (unpaired) electrons. The van der Waals surface area contributed by atoms with Gasteiger partial charge in [0.05, 0.1) is 6.04 Å². The summed E-state index contributed by atoms with van der Waals surface area (Å²) in [5.74, 6) is -2.27. The van der Waals surface area contributed by atoms with Crippen molar-refractivity contribution >= 4 is 23.7 Å². The minimum atomic E-state index is -1.15. The molecule has 1 fully saturated rings. The maximum atomic E-state index is 12.8. The zero-order valence-corrected chi connectivity index (χ0v) is 13.7. The monoisotopic (exact) mass is 345 g/mol. The molecule has 0 bridgehead atoms. The number of aliphatic carboxylic acids is 1. The van der Waals surface area contributed by atoms with Crippen LogP contribution in [0.2, 0.25) is 0 Å². The lowest BCUT2D eigenvalue weighted by molar-refractivity contribution is -0.143. The Morgan fingerprint density at radius 1 is 1.28 bits per heavy atom. The molecule has 0 saturated carbocycles. The molecule has 1 aromatic rings. The second kappa shape index (κ2) is 6.54. The number of carbonyl (C=O) groups is 4. The molecule has 0 unspecified atom stereocenters. The van der Waals surface area contributed by atoms with E-state index in [-0.39, 0.29) is 17.9 Å². The summed E-state index contributed by atoms with van der Waals surface area (Å²) in [5, 5.41) is 13.7. The predicted octanol–water partition coefficient (Wildman–Crippen LogP) is -0.410. The molecule has 8 heteroatoms. The number of carboxylic acids is 1. The number of nitrogens with one attached hydrogen (secondary N) is 2. The third kappa shape index (κ3) is 3.19. The van der Waals surface area contributed by atoms with Gasteiger partial charge in [0.1, 0.15) is 18.6 Å². The molecule has 0 aromatic heterocycles. The number of hydrogen-bond acceptors (Lipinski definition) is 4. The molecule has 3 rings (SSSR count). The minimum Gasteiger partial charge on any atom is -0.480 e. The van der Waals surface area contributed by atoms with Crippen LogP contribution in [-0.4, -0.2) is 52.3 Å².